The van der Waals surface area contributed by atoms with E-state index in [2.05, 4.69) is 5.32 Å². The molecule has 0 spiro atoms. The van der Waals surface area contributed by atoms with Crippen molar-refractivity contribution in [2.75, 3.05) is 40.3 Å². The number of ether oxygens (including phenoxy) is 1. The maximum atomic E-state index is 12.7. The lowest BCUT2D eigenvalue weighted by molar-refractivity contribution is 0.114. The van der Waals surface area contributed by atoms with Gasteiger partial charge in [-0.25, -0.2) is 0 Å². The summed E-state index contributed by atoms with van der Waals surface area (Å²) in [7, 11) is 0.186. The lowest BCUT2D eigenvalue weighted by Gasteiger charge is -2.36. The molecule has 7 heteroatoms. The van der Waals surface area contributed by atoms with Crippen molar-refractivity contribution in [1.82, 2.24) is 13.9 Å². The molecule has 0 aliphatic carbocycles. The second-order valence-corrected chi connectivity index (χ2v) is 7.21. The van der Waals surface area contributed by atoms with Crippen LogP contribution in [0.4, 0.5) is 0 Å². The maximum Gasteiger partial charge on any atom is 0.282 e. The van der Waals surface area contributed by atoms with E-state index in [1.807, 2.05) is 7.05 Å². The van der Waals surface area contributed by atoms with Crippen LogP contribution in [0.15, 0.2) is 0 Å². The van der Waals surface area contributed by atoms with Gasteiger partial charge in [0.25, 0.3) is 10.2 Å². The molecular weight excluding hydrogens is 266 g/mol. The minimum atomic E-state index is -3.33. The number of nitrogens with one attached hydrogen (secondary N) is 1. The van der Waals surface area contributed by atoms with Gasteiger partial charge in [0, 0.05) is 39.3 Å². The lowest BCUT2D eigenvalue weighted by atomic mass is 10.1. The molecule has 2 atom stereocenters. The van der Waals surface area contributed by atoms with Crippen molar-refractivity contribution >= 4 is 10.2 Å². The fourth-order valence-corrected chi connectivity index (χ4v) is 4.87. The Morgan fingerprint density at radius 2 is 2.05 bits per heavy atom. The first-order valence-electron chi connectivity index (χ1n) is 7.04. The Bertz CT molecular complexity index is 386. The van der Waals surface area contributed by atoms with Crippen molar-refractivity contribution in [1.29, 1.82) is 0 Å². The van der Waals surface area contributed by atoms with E-state index in [1.165, 1.54) is 0 Å². The Morgan fingerprint density at radius 1 is 1.26 bits per heavy atom. The van der Waals surface area contributed by atoms with E-state index < -0.39 is 10.2 Å². The van der Waals surface area contributed by atoms with Crippen molar-refractivity contribution in [3.63, 3.8) is 0 Å². The van der Waals surface area contributed by atoms with E-state index in [1.54, 1.807) is 15.7 Å². The highest BCUT2D eigenvalue weighted by atomic mass is 32.2. The van der Waals surface area contributed by atoms with Gasteiger partial charge in [-0.15, -0.1) is 0 Å². The average Bonchev–Trinajstić information content (AvgIpc) is 2.89. The van der Waals surface area contributed by atoms with Gasteiger partial charge < -0.3 is 10.1 Å². The molecule has 2 unspecified atom stereocenters. The Labute approximate surface area is 116 Å². The summed E-state index contributed by atoms with van der Waals surface area (Å²) in [6, 6.07) is 0.0883. The SMILES string of the molecule is CNCC1CCCCN1S(=O)(=O)N1CCC(OC)C1. The van der Waals surface area contributed by atoms with Crippen LogP contribution in [0.2, 0.25) is 0 Å². The average molecular weight is 291 g/mol. The monoisotopic (exact) mass is 291 g/mol. The van der Waals surface area contributed by atoms with Gasteiger partial charge in [-0.3, -0.25) is 0 Å². The molecule has 2 aliphatic rings. The molecule has 0 radical (unpaired) electrons. The Kier molecular flexibility index (Phi) is 5.19. The van der Waals surface area contributed by atoms with Crippen LogP contribution in [0.3, 0.4) is 0 Å². The molecule has 0 aromatic rings. The van der Waals surface area contributed by atoms with Gasteiger partial charge in [-0.05, 0) is 26.3 Å². The molecule has 2 heterocycles. The van der Waals surface area contributed by atoms with E-state index in [-0.39, 0.29) is 12.1 Å². The minimum absolute atomic E-state index is 0.0438. The van der Waals surface area contributed by atoms with Crippen molar-refractivity contribution in [3.05, 3.63) is 0 Å². The summed E-state index contributed by atoms with van der Waals surface area (Å²) in [5.41, 5.74) is 0. The van der Waals surface area contributed by atoms with Crippen molar-refractivity contribution < 1.29 is 13.2 Å². The standard InChI is InChI=1S/C12H25N3O3S/c1-13-9-11-5-3-4-7-15(11)19(16,17)14-8-6-12(10-14)18-2/h11-13H,3-10H2,1-2H3. The summed E-state index contributed by atoms with van der Waals surface area (Å²) in [4.78, 5) is 0. The summed E-state index contributed by atoms with van der Waals surface area (Å²) in [6.07, 6.45) is 3.85. The third-order valence-corrected chi connectivity index (χ3v) is 6.13. The van der Waals surface area contributed by atoms with E-state index in [9.17, 15) is 8.42 Å². The zero-order valence-corrected chi connectivity index (χ0v) is 12.7. The molecule has 112 valence electrons. The molecular formula is C12H25N3O3S. The number of piperidine rings is 1. The Hall–Kier alpha value is -0.210. The molecule has 0 aromatic carbocycles. The molecule has 0 saturated carbocycles. The van der Waals surface area contributed by atoms with Crippen molar-refractivity contribution in [2.45, 2.75) is 37.8 Å². The molecule has 2 aliphatic heterocycles. The van der Waals surface area contributed by atoms with Gasteiger partial charge in [0.2, 0.25) is 0 Å². The van der Waals surface area contributed by atoms with Crippen LogP contribution >= 0.6 is 0 Å². The highest BCUT2D eigenvalue weighted by molar-refractivity contribution is 7.86. The summed E-state index contributed by atoms with van der Waals surface area (Å²) in [5.74, 6) is 0. The van der Waals surface area contributed by atoms with Gasteiger partial charge >= 0.3 is 0 Å². The van der Waals surface area contributed by atoms with Crippen LogP contribution in [-0.4, -0.2) is 69.5 Å². The van der Waals surface area contributed by atoms with E-state index in [0.29, 0.717) is 19.6 Å². The molecule has 1 N–H and O–H groups in total. The van der Waals surface area contributed by atoms with Crippen LogP contribution in [0.5, 0.6) is 0 Å². The topological polar surface area (TPSA) is 61.9 Å². The van der Waals surface area contributed by atoms with E-state index >= 15 is 0 Å². The highest BCUT2D eigenvalue weighted by Crippen LogP contribution is 2.25. The van der Waals surface area contributed by atoms with Gasteiger partial charge in [-0.2, -0.15) is 17.0 Å². The summed E-state index contributed by atoms with van der Waals surface area (Å²) >= 11 is 0. The molecule has 2 saturated heterocycles. The predicted molar refractivity (Wildman–Crippen MR) is 74.2 cm³/mol. The largest absolute Gasteiger partial charge is 0.380 e. The zero-order valence-electron chi connectivity index (χ0n) is 11.8. The first-order chi connectivity index (χ1) is 9.09. The van der Waals surface area contributed by atoms with Crippen molar-refractivity contribution in [3.8, 4) is 0 Å². The number of hydrogen-bond acceptors (Lipinski definition) is 4. The van der Waals surface area contributed by atoms with Crippen LogP contribution in [-0.2, 0) is 14.9 Å². The highest BCUT2D eigenvalue weighted by Gasteiger charge is 2.39. The fourth-order valence-electron chi connectivity index (χ4n) is 2.97. The maximum absolute atomic E-state index is 12.7. The smallest absolute Gasteiger partial charge is 0.282 e. The van der Waals surface area contributed by atoms with Crippen molar-refractivity contribution in [2.24, 2.45) is 0 Å². The van der Waals surface area contributed by atoms with E-state index in [0.717, 1.165) is 32.2 Å². The van der Waals surface area contributed by atoms with Crippen LogP contribution in [0.25, 0.3) is 0 Å². The van der Waals surface area contributed by atoms with E-state index in [4.69, 9.17) is 4.74 Å². The molecule has 0 amide bonds. The number of likely N-dealkylation sites (N-methyl/N-ethyl adjacent to an activating group) is 1. The normalized spacial score (nSPS) is 30.8. The van der Waals surface area contributed by atoms with Crippen LogP contribution in [0.1, 0.15) is 25.7 Å². The molecule has 6 nitrogen and oxygen atoms in total. The Balaban J connectivity index is 2.09. The summed E-state index contributed by atoms with van der Waals surface area (Å²) in [5, 5.41) is 3.10. The predicted octanol–water partition coefficient (Wildman–Crippen LogP) is 0.0258. The number of rotatable bonds is 5. The van der Waals surface area contributed by atoms with Crippen LogP contribution in [0, 0.1) is 0 Å². The minimum Gasteiger partial charge on any atom is -0.380 e. The first kappa shape index (κ1) is 15.2. The number of nitrogens with zero attached hydrogens (tertiary/aromatic N) is 2. The molecule has 2 fully saturated rings. The quantitative estimate of drug-likeness (QED) is 0.776. The number of hydrogen-bond donors (Lipinski definition) is 1. The van der Waals surface area contributed by atoms with Gasteiger partial charge in [-0.1, -0.05) is 6.42 Å². The Morgan fingerprint density at radius 3 is 2.68 bits per heavy atom. The van der Waals surface area contributed by atoms with Gasteiger partial charge in [0.15, 0.2) is 0 Å². The summed E-state index contributed by atoms with van der Waals surface area (Å²) < 4.78 is 33.9. The second kappa shape index (κ2) is 6.49. The zero-order chi connectivity index (χ0) is 13.9. The molecule has 0 aromatic heterocycles. The summed E-state index contributed by atoms with van der Waals surface area (Å²) in [6.45, 7) is 2.43. The van der Waals surface area contributed by atoms with Crippen LogP contribution < -0.4 is 5.32 Å². The second-order valence-electron chi connectivity index (χ2n) is 5.33. The van der Waals surface area contributed by atoms with Gasteiger partial charge in [0.1, 0.15) is 0 Å². The number of methoxy groups -OCH3 is 1. The first-order valence-corrected chi connectivity index (χ1v) is 8.43. The fraction of sp³-hybridized carbons (Fsp3) is 1.00. The van der Waals surface area contributed by atoms with Gasteiger partial charge in [0.05, 0.1) is 6.10 Å². The third-order valence-electron chi connectivity index (χ3n) is 4.08. The third kappa shape index (κ3) is 3.28. The molecule has 19 heavy (non-hydrogen) atoms. The lowest BCUT2D eigenvalue weighted by Crippen LogP contribution is -2.52. The molecule has 0 bridgehead atoms. The molecule has 2 rings (SSSR count).